The summed E-state index contributed by atoms with van der Waals surface area (Å²) >= 11 is 0. The van der Waals surface area contributed by atoms with Crippen molar-refractivity contribution in [1.29, 1.82) is 0 Å². The van der Waals surface area contributed by atoms with Gasteiger partial charge in [0.15, 0.2) is 0 Å². The maximum absolute atomic E-state index is 6.16. The van der Waals surface area contributed by atoms with Gasteiger partial charge in [-0.1, -0.05) is 25.1 Å². The van der Waals surface area contributed by atoms with Crippen LogP contribution in [0, 0.1) is 11.8 Å². The van der Waals surface area contributed by atoms with Gasteiger partial charge >= 0.3 is 0 Å². The highest BCUT2D eigenvalue weighted by molar-refractivity contribution is 5.39. The summed E-state index contributed by atoms with van der Waals surface area (Å²) in [5, 5.41) is 0. The van der Waals surface area contributed by atoms with E-state index < -0.39 is 0 Å². The van der Waals surface area contributed by atoms with Crippen LogP contribution in [0.25, 0.3) is 0 Å². The summed E-state index contributed by atoms with van der Waals surface area (Å²) in [7, 11) is 0. The molecule has 0 amide bonds. The Bertz CT molecular complexity index is 425. The monoisotopic (exact) mass is 232 g/mol. The lowest BCUT2D eigenvalue weighted by Crippen LogP contribution is -2.48. The minimum atomic E-state index is -0.131. The molecule has 3 atom stereocenters. The summed E-state index contributed by atoms with van der Waals surface area (Å²) in [6.07, 6.45) is 1.40. The van der Waals surface area contributed by atoms with E-state index in [9.17, 15) is 0 Å². The minimum Gasteiger partial charge on any atom is -0.487 e. The number of hydrogen-bond acceptors (Lipinski definition) is 2. The first-order valence-corrected chi connectivity index (χ1v) is 6.47. The van der Waals surface area contributed by atoms with Crippen LogP contribution in [0.4, 0.5) is 0 Å². The van der Waals surface area contributed by atoms with Gasteiger partial charge in [0.05, 0.1) is 6.10 Å². The van der Waals surface area contributed by atoms with Crippen molar-refractivity contribution in [1.82, 2.24) is 0 Å². The van der Waals surface area contributed by atoms with Crippen LogP contribution < -0.4 is 4.74 Å². The number of benzene rings is 1. The van der Waals surface area contributed by atoms with Crippen LogP contribution in [-0.4, -0.2) is 12.2 Å². The molecule has 2 heterocycles. The third-order valence-electron chi connectivity index (χ3n) is 4.07. The summed E-state index contributed by atoms with van der Waals surface area (Å²) < 4.78 is 12.2. The van der Waals surface area contributed by atoms with E-state index in [0.717, 1.165) is 12.4 Å². The third-order valence-corrected chi connectivity index (χ3v) is 4.07. The van der Waals surface area contributed by atoms with Gasteiger partial charge in [-0.3, -0.25) is 0 Å². The molecule has 0 aliphatic carbocycles. The van der Waals surface area contributed by atoms with Gasteiger partial charge in [0.25, 0.3) is 0 Å². The molecule has 0 unspecified atom stereocenters. The van der Waals surface area contributed by atoms with E-state index >= 15 is 0 Å². The van der Waals surface area contributed by atoms with E-state index in [4.69, 9.17) is 9.47 Å². The smallest absolute Gasteiger partial charge is 0.125 e. The third kappa shape index (κ3) is 1.75. The highest BCUT2D eigenvalue weighted by Gasteiger charge is 2.46. The van der Waals surface area contributed by atoms with Crippen molar-refractivity contribution < 1.29 is 9.47 Å². The van der Waals surface area contributed by atoms with Gasteiger partial charge in [-0.25, -0.2) is 0 Å². The predicted octanol–water partition coefficient (Wildman–Crippen LogP) is 3.57. The largest absolute Gasteiger partial charge is 0.487 e. The first-order chi connectivity index (χ1) is 8.08. The second-order valence-electron chi connectivity index (χ2n) is 5.94. The first-order valence-electron chi connectivity index (χ1n) is 6.47. The molecule has 1 aromatic carbocycles. The molecule has 2 aliphatic heterocycles. The molecule has 3 rings (SSSR count). The summed E-state index contributed by atoms with van der Waals surface area (Å²) in [5.74, 6) is 2.08. The maximum Gasteiger partial charge on any atom is 0.125 e. The number of rotatable bonds is 0. The fraction of sp³-hybridized carbons (Fsp3) is 0.600. The molecule has 92 valence electrons. The van der Waals surface area contributed by atoms with Crippen LogP contribution in [0.15, 0.2) is 24.3 Å². The summed E-state index contributed by atoms with van der Waals surface area (Å²) in [6.45, 7) is 7.49. The predicted molar refractivity (Wildman–Crippen MR) is 67.1 cm³/mol. The maximum atomic E-state index is 6.16. The standard InChI is InChI=1S/C15H20O2/c1-10-8-12-14(16-9-10)11-6-4-5-7-13(11)17-15(12,2)3/h4-7,10,12,14H,8-9H2,1-3H3/t10-,12+,14-/m1/s1. The van der Waals surface area contributed by atoms with Crippen molar-refractivity contribution in [2.24, 2.45) is 11.8 Å². The molecule has 0 aromatic heterocycles. The number of ether oxygens (including phenoxy) is 2. The SMILES string of the molecule is C[C@H]1CO[C@@H]2c3ccccc3OC(C)(C)[C@H]2C1. The van der Waals surface area contributed by atoms with Crippen LogP contribution in [0.1, 0.15) is 38.9 Å². The van der Waals surface area contributed by atoms with Crippen molar-refractivity contribution >= 4 is 0 Å². The molecule has 1 aromatic rings. The molecular weight excluding hydrogens is 212 g/mol. The molecule has 2 nitrogen and oxygen atoms in total. The molecule has 2 aliphatic rings. The molecule has 0 radical (unpaired) electrons. The second-order valence-corrected chi connectivity index (χ2v) is 5.94. The molecular formula is C15H20O2. The van der Waals surface area contributed by atoms with E-state index in [-0.39, 0.29) is 11.7 Å². The topological polar surface area (TPSA) is 18.5 Å². The van der Waals surface area contributed by atoms with Gasteiger partial charge in [0, 0.05) is 18.1 Å². The molecule has 17 heavy (non-hydrogen) atoms. The van der Waals surface area contributed by atoms with E-state index in [0.29, 0.717) is 11.8 Å². The van der Waals surface area contributed by atoms with Crippen molar-refractivity contribution in [3.63, 3.8) is 0 Å². The fourth-order valence-electron chi connectivity index (χ4n) is 3.13. The van der Waals surface area contributed by atoms with E-state index in [2.05, 4.69) is 39.0 Å². The number of fused-ring (bicyclic) bond motifs is 3. The van der Waals surface area contributed by atoms with Crippen molar-refractivity contribution in [2.75, 3.05) is 6.61 Å². The molecule has 1 saturated heterocycles. The molecule has 1 fully saturated rings. The van der Waals surface area contributed by atoms with Gasteiger partial charge in [-0.2, -0.15) is 0 Å². The van der Waals surface area contributed by atoms with Crippen LogP contribution in [0.5, 0.6) is 5.75 Å². The molecule has 0 N–H and O–H groups in total. The lowest BCUT2D eigenvalue weighted by atomic mass is 9.74. The lowest BCUT2D eigenvalue weighted by molar-refractivity contribution is -0.133. The minimum absolute atomic E-state index is 0.131. The molecule has 2 heteroatoms. The Hall–Kier alpha value is -1.02. The van der Waals surface area contributed by atoms with Gasteiger partial charge in [-0.05, 0) is 32.3 Å². The summed E-state index contributed by atoms with van der Waals surface area (Å²) in [6, 6.07) is 8.28. The zero-order valence-corrected chi connectivity index (χ0v) is 10.8. The molecule has 0 saturated carbocycles. The van der Waals surface area contributed by atoms with Crippen molar-refractivity contribution in [3.8, 4) is 5.75 Å². The van der Waals surface area contributed by atoms with E-state index in [1.165, 1.54) is 12.0 Å². The molecule has 0 spiro atoms. The Morgan fingerprint density at radius 1 is 1.24 bits per heavy atom. The zero-order valence-electron chi connectivity index (χ0n) is 10.8. The van der Waals surface area contributed by atoms with Crippen LogP contribution in [0.3, 0.4) is 0 Å². The van der Waals surface area contributed by atoms with Crippen molar-refractivity contribution in [2.45, 2.75) is 38.9 Å². The van der Waals surface area contributed by atoms with Gasteiger partial charge in [0.1, 0.15) is 11.4 Å². The van der Waals surface area contributed by atoms with E-state index in [1.807, 2.05) is 6.07 Å². The lowest BCUT2D eigenvalue weighted by Gasteiger charge is -2.48. The van der Waals surface area contributed by atoms with Crippen molar-refractivity contribution in [3.05, 3.63) is 29.8 Å². The highest BCUT2D eigenvalue weighted by Crippen LogP contribution is 2.50. The number of hydrogen-bond donors (Lipinski definition) is 0. The Morgan fingerprint density at radius 3 is 2.82 bits per heavy atom. The zero-order chi connectivity index (χ0) is 12.0. The first kappa shape index (κ1) is 11.1. The Balaban J connectivity index is 2.04. The Kier molecular flexibility index (Phi) is 2.44. The van der Waals surface area contributed by atoms with Crippen LogP contribution in [-0.2, 0) is 4.74 Å². The van der Waals surface area contributed by atoms with Crippen LogP contribution >= 0.6 is 0 Å². The Morgan fingerprint density at radius 2 is 2.00 bits per heavy atom. The average molecular weight is 232 g/mol. The highest BCUT2D eigenvalue weighted by atomic mass is 16.5. The summed E-state index contributed by atoms with van der Waals surface area (Å²) in [5.41, 5.74) is 1.09. The molecule has 0 bridgehead atoms. The van der Waals surface area contributed by atoms with Gasteiger partial charge in [0.2, 0.25) is 0 Å². The van der Waals surface area contributed by atoms with Gasteiger partial charge < -0.3 is 9.47 Å². The average Bonchev–Trinajstić information content (AvgIpc) is 2.29. The number of para-hydroxylation sites is 1. The fourth-order valence-corrected chi connectivity index (χ4v) is 3.13. The second kappa shape index (κ2) is 3.74. The normalized spacial score (nSPS) is 34.4. The Labute approximate surface area is 103 Å². The van der Waals surface area contributed by atoms with E-state index in [1.54, 1.807) is 0 Å². The quantitative estimate of drug-likeness (QED) is 0.680. The summed E-state index contributed by atoms with van der Waals surface area (Å²) in [4.78, 5) is 0. The van der Waals surface area contributed by atoms with Crippen LogP contribution in [0.2, 0.25) is 0 Å². The van der Waals surface area contributed by atoms with Gasteiger partial charge in [-0.15, -0.1) is 0 Å².